The molecule has 0 atom stereocenters. The molecule has 0 radical (unpaired) electrons. The van der Waals surface area contributed by atoms with Crippen molar-refractivity contribution in [3.05, 3.63) is 71.3 Å². The van der Waals surface area contributed by atoms with Crippen molar-refractivity contribution in [2.45, 2.75) is 19.3 Å². The van der Waals surface area contributed by atoms with Gasteiger partial charge in [-0.15, -0.1) is 0 Å². The first kappa shape index (κ1) is 12.9. The van der Waals surface area contributed by atoms with Crippen LogP contribution in [0.3, 0.4) is 0 Å². The SMILES string of the molecule is O=C(c1ccccc1Cc1ccccc1)N1CCCC1. The summed E-state index contributed by atoms with van der Waals surface area (Å²) in [5, 5.41) is 0. The largest absolute Gasteiger partial charge is 0.339 e. The van der Waals surface area contributed by atoms with Gasteiger partial charge in [-0.2, -0.15) is 0 Å². The summed E-state index contributed by atoms with van der Waals surface area (Å²) < 4.78 is 0. The first-order valence-corrected chi connectivity index (χ1v) is 7.26. The summed E-state index contributed by atoms with van der Waals surface area (Å²) in [4.78, 5) is 14.6. The number of carbonyl (C=O) groups excluding carboxylic acids is 1. The quantitative estimate of drug-likeness (QED) is 0.831. The summed E-state index contributed by atoms with van der Waals surface area (Å²) in [6, 6.07) is 18.3. The predicted molar refractivity (Wildman–Crippen MR) is 80.8 cm³/mol. The van der Waals surface area contributed by atoms with Crippen molar-refractivity contribution in [2.75, 3.05) is 13.1 Å². The number of carbonyl (C=O) groups is 1. The molecule has 20 heavy (non-hydrogen) atoms. The van der Waals surface area contributed by atoms with Crippen LogP contribution < -0.4 is 0 Å². The topological polar surface area (TPSA) is 20.3 Å². The highest BCUT2D eigenvalue weighted by Crippen LogP contribution is 2.19. The molecule has 102 valence electrons. The zero-order valence-electron chi connectivity index (χ0n) is 11.6. The van der Waals surface area contributed by atoms with E-state index in [4.69, 9.17) is 0 Å². The fourth-order valence-corrected chi connectivity index (χ4v) is 2.79. The fraction of sp³-hybridized carbons (Fsp3) is 0.278. The second kappa shape index (κ2) is 5.91. The zero-order valence-corrected chi connectivity index (χ0v) is 11.6. The van der Waals surface area contributed by atoms with E-state index in [2.05, 4.69) is 18.2 Å². The van der Waals surface area contributed by atoms with Crippen LogP contribution >= 0.6 is 0 Å². The van der Waals surface area contributed by atoms with Crippen LogP contribution in [0.15, 0.2) is 54.6 Å². The van der Waals surface area contributed by atoms with Crippen molar-refractivity contribution in [3.8, 4) is 0 Å². The van der Waals surface area contributed by atoms with Crippen LogP contribution in [0.25, 0.3) is 0 Å². The van der Waals surface area contributed by atoms with E-state index in [1.54, 1.807) is 0 Å². The van der Waals surface area contributed by atoms with Gasteiger partial charge in [0.2, 0.25) is 0 Å². The molecule has 1 aliphatic rings. The van der Waals surface area contributed by atoms with E-state index in [9.17, 15) is 4.79 Å². The highest BCUT2D eigenvalue weighted by Gasteiger charge is 2.21. The number of benzene rings is 2. The molecule has 0 saturated carbocycles. The molecule has 1 amide bonds. The molecule has 1 heterocycles. The highest BCUT2D eigenvalue weighted by molar-refractivity contribution is 5.96. The first-order valence-electron chi connectivity index (χ1n) is 7.26. The fourth-order valence-electron chi connectivity index (χ4n) is 2.79. The third-order valence-electron chi connectivity index (χ3n) is 3.88. The Kier molecular flexibility index (Phi) is 3.82. The number of amides is 1. The molecule has 0 unspecified atom stereocenters. The lowest BCUT2D eigenvalue weighted by atomic mass is 9.99. The van der Waals surface area contributed by atoms with Gasteiger partial charge in [0.15, 0.2) is 0 Å². The van der Waals surface area contributed by atoms with Crippen molar-refractivity contribution >= 4 is 5.91 Å². The van der Waals surface area contributed by atoms with E-state index in [0.29, 0.717) is 0 Å². The van der Waals surface area contributed by atoms with Crippen molar-refractivity contribution in [1.29, 1.82) is 0 Å². The van der Waals surface area contributed by atoms with Crippen molar-refractivity contribution < 1.29 is 4.79 Å². The van der Waals surface area contributed by atoms with Crippen LogP contribution in [0.1, 0.15) is 34.3 Å². The highest BCUT2D eigenvalue weighted by atomic mass is 16.2. The van der Waals surface area contributed by atoms with Crippen molar-refractivity contribution in [2.24, 2.45) is 0 Å². The summed E-state index contributed by atoms with van der Waals surface area (Å²) in [6.07, 6.45) is 3.08. The molecule has 0 aliphatic carbocycles. The minimum atomic E-state index is 0.189. The molecule has 0 N–H and O–H groups in total. The van der Waals surface area contributed by atoms with Gasteiger partial charge in [-0.1, -0.05) is 48.5 Å². The molecule has 2 nitrogen and oxygen atoms in total. The van der Waals surface area contributed by atoms with Gasteiger partial charge in [0.05, 0.1) is 0 Å². The molecular formula is C18H19NO. The van der Waals surface area contributed by atoms with Crippen LogP contribution in [-0.4, -0.2) is 23.9 Å². The Hall–Kier alpha value is -2.09. The molecule has 3 rings (SSSR count). The van der Waals surface area contributed by atoms with Gasteiger partial charge in [0, 0.05) is 18.7 Å². The molecule has 1 fully saturated rings. The summed E-state index contributed by atoms with van der Waals surface area (Å²) in [7, 11) is 0. The smallest absolute Gasteiger partial charge is 0.254 e. The minimum absolute atomic E-state index is 0.189. The third kappa shape index (κ3) is 2.74. The number of rotatable bonds is 3. The van der Waals surface area contributed by atoms with Gasteiger partial charge in [0.1, 0.15) is 0 Å². The Balaban J connectivity index is 1.86. The molecular weight excluding hydrogens is 246 g/mol. The maximum Gasteiger partial charge on any atom is 0.254 e. The maximum absolute atomic E-state index is 12.6. The van der Waals surface area contributed by atoms with E-state index in [1.165, 1.54) is 5.56 Å². The Morgan fingerprint density at radius 2 is 1.55 bits per heavy atom. The Morgan fingerprint density at radius 3 is 2.30 bits per heavy atom. The van der Waals surface area contributed by atoms with Gasteiger partial charge >= 0.3 is 0 Å². The minimum Gasteiger partial charge on any atom is -0.339 e. The number of hydrogen-bond acceptors (Lipinski definition) is 1. The molecule has 0 spiro atoms. The third-order valence-corrected chi connectivity index (χ3v) is 3.88. The predicted octanol–water partition coefficient (Wildman–Crippen LogP) is 3.51. The van der Waals surface area contributed by atoms with Crippen LogP contribution in [0, 0.1) is 0 Å². The molecule has 2 heteroatoms. The molecule has 2 aromatic rings. The van der Waals surface area contributed by atoms with Gasteiger partial charge in [0.25, 0.3) is 5.91 Å². The Bertz CT molecular complexity index is 585. The van der Waals surface area contributed by atoms with Crippen LogP contribution in [-0.2, 0) is 6.42 Å². The number of likely N-dealkylation sites (tertiary alicyclic amines) is 1. The second-order valence-corrected chi connectivity index (χ2v) is 5.32. The molecule has 0 bridgehead atoms. The van der Waals surface area contributed by atoms with Gasteiger partial charge in [-0.05, 0) is 36.5 Å². The monoisotopic (exact) mass is 265 g/mol. The molecule has 0 aromatic heterocycles. The summed E-state index contributed by atoms with van der Waals surface area (Å²) in [6.45, 7) is 1.80. The van der Waals surface area contributed by atoms with E-state index < -0.39 is 0 Å². The normalized spacial score (nSPS) is 14.5. The zero-order chi connectivity index (χ0) is 13.8. The van der Waals surface area contributed by atoms with E-state index >= 15 is 0 Å². The van der Waals surface area contributed by atoms with Crippen molar-refractivity contribution in [1.82, 2.24) is 4.90 Å². The molecule has 1 aliphatic heterocycles. The van der Waals surface area contributed by atoms with E-state index in [-0.39, 0.29) is 5.91 Å². The lowest BCUT2D eigenvalue weighted by molar-refractivity contribution is 0.0792. The van der Waals surface area contributed by atoms with E-state index in [1.807, 2.05) is 41.3 Å². The van der Waals surface area contributed by atoms with Gasteiger partial charge < -0.3 is 4.90 Å². The molecule has 1 saturated heterocycles. The summed E-state index contributed by atoms with van der Waals surface area (Å²) in [5.74, 6) is 0.189. The van der Waals surface area contributed by atoms with Gasteiger partial charge in [-0.3, -0.25) is 4.79 Å². The van der Waals surface area contributed by atoms with Crippen LogP contribution in [0.5, 0.6) is 0 Å². The van der Waals surface area contributed by atoms with Gasteiger partial charge in [-0.25, -0.2) is 0 Å². The van der Waals surface area contributed by atoms with Crippen LogP contribution in [0.2, 0.25) is 0 Å². The Labute approximate surface area is 120 Å². The standard InChI is InChI=1S/C18H19NO/c20-18(19-12-6-7-13-19)17-11-5-4-10-16(17)14-15-8-2-1-3-9-15/h1-5,8-11H,6-7,12-14H2. The lowest BCUT2D eigenvalue weighted by Crippen LogP contribution is -2.28. The Morgan fingerprint density at radius 1 is 0.900 bits per heavy atom. The number of nitrogens with zero attached hydrogens (tertiary/aromatic N) is 1. The second-order valence-electron chi connectivity index (χ2n) is 5.32. The van der Waals surface area contributed by atoms with Crippen LogP contribution in [0.4, 0.5) is 0 Å². The summed E-state index contributed by atoms with van der Waals surface area (Å²) >= 11 is 0. The summed E-state index contributed by atoms with van der Waals surface area (Å²) in [5.41, 5.74) is 3.23. The lowest BCUT2D eigenvalue weighted by Gasteiger charge is -2.17. The first-order chi connectivity index (χ1) is 9.84. The number of hydrogen-bond donors (Lipinski definition) is 0. The van der Waals surface area contributed by atoms with E-state index in [0.717, 1.165) is 43.5 Å². The maximum atomic E-state index is 12.6. The average molecular weight is 265 g/mol. The average Bonchev–Trinajstić information content (AvgIpc) is 3.02. The molecule has 2 aromatic carbocycles. The van der Waals surface area contributed by atoms with Crippen molar-refractivity contribution in [3.63, 3.8) is 0 Å².